The van der Waals surface area contributed by atoms with Gasteiger partial charge in [-0.3, -0.25) is 9.59 Å². The molecular weight excluding hydrogens is 316 g/mol. The summed E-state index contributed by atoms with van der Waals surface area (Å²) in [5.41, 5.74) is -1.52. The van der Waals surface area contributed by atoms with Crippen molar-refractivity contribution in [3.63, 3.8) is 0 Å². The number of para-hydroxylation sites is 1. The Bertz CT molecular complexity index is 792. The fourth-order valence-corrected chi connectivity index (χ4v) is 2.91. The summed E-state index contributed by atoms with van der Waals surface area (Å²) in [7, 11) is 1.45. The van der Waals surface area contributed by atoms with Crippen molar-refractivity contribution in [1.82, 2.24) is 0 Å². The van der Waals surface area contributed by atoms with Crippen LogP contribution in [-0.2, 0) is 11.2 Å². The molecule has 0 radical (unpaired) electrons. The molecule has 0 spiro atoms. The third-order valence-electron chi connectivity index (χ3n) is 4.24. The van der Waals surface area contributed by atoms with Gasteiger partial charge in [0.1, 0.15) is 5.75 Å². The van der Waals surface area contributed by atoms with Crippen LogP contribution in [0.1, 0.15) is 15.9 Å². The van der Waals surface area contributed by atoms with E-state index in [1.165, 1.54) is 25.3 Å². The Morgan fingerprint density at radius 2 is 1.92 bits per heavy atom. The van der Waals surface area contributed by atoms with Crippen LogP contribution in [0.25, 0.3) is 0 Å². The van der Waals surface area contributed by atoms with Gasteiger partial charge in [-0.15, -0.1) is 0 Å². The molecule has 0 aromatic heterocycles. The number of benzene rings is 2. The second-order valence-electron chi connectivity index (χ2n) is 5.62. The number of carbonyl (C=O) groups excluding carboxylic acids is 2. The van der Waals surface area contributed by atoms with Crippen molar-refractivity contribution < 1.29 is 23.1 Å². The monoisotopic (exact) mass is 331 g/mol. The first-order chi connectivity index (χ1) is 11.5. The minimum absolute atomic E-state index is 0.138. The molecule has 3 rings (SSSR count). The van der Waals surface area contributed by atoms with Crippen LogP contribution >= 0.6 is 0 Å². The number of hydrogen-bond acceptors (Lipinski definition) is 3. The average Bonchev–Trinajstić information content (AvgIpc) is 2.89. The zero-order valence-corrected chi connectivity index (χ0v) is 12.9. The van der Waals surface area contributed by atoms with Gasteiger partial charge in [0, 0.05) is 17.7 Å². The van der Waals surface area contributed by atoms with Crippen molar-refractivity contribution in [3.8, 4) is 5.75 Å². The Kier molecular flexibility index (Phi) is 4.05. The van der Waals surface area contributed by atoms with E-state index in [-0.39, 0.29) is 12.0 Å². The fourth-order valence-electron chi connectivity index (χ4n) is 2.91. The molecular formula is C18H15F2NO3. The highest BCUT2D eigenvalue weighted by Gasteiger charge is 2.58. The zero-order chi connectivity index (χ0) is 17.3. The average molecular weight is 331 g/mol. The predicted molar refractivity (Wildman–Crippen MR) is 84.5 cm³/mol. The normalized spacial score (nSPS) is 19.2. The lowest BCUT2D eigenvalue weighted by atomic mass is 9.83. The first-order valence-electron chi connectivity index (χ1n) is 7.35. The second-order valence-corrected chi connectivity index (χ2v) is 5.62. The maximum Gasteiger partial charge on any atom is 0.260 e. The van der Waals surface area contributed by atoms with E-state index in [2.05, 4.69) is 5.32 Å². The Morgan fingerprint density at radius 3 is 2.54 bits per heavy atom. The van der Waals surface area contributed by atoms with Gasteiger partial charge in [-0.25, -0.2) is 8.78 Å². The molecule has 1 unspecified atom stereocenters. The standard InChI is InChI=1S/C18H15F2NO3/c1-24-13-7-8-14-11(9-13)10-18(15(14)22,16(19)20)17(23)21-12-5-3-2-4-6-12/h2-9,16H,10H2,1H3,(H,21,23). The minimum Gasteiger partial charge on any atom is -0.497 e. The molecule has 0 aliphatic heterocycles. The van der Waals surface area contributed by atoms with Crippen molar-refractivity contribution in [3.05, 3.63) is 59.7 Å². The molecule has 2 aromatic rings. The summed E-state index contributed by atoms with van der Waals surface area (Å²) in [6.07, 6.45) is -3.47. The molecule has 1 amide bonds. The molecule has 0 bridgehead atoms. The van der Waals surface area contributed by atoms with Gasteiger partial charge in [0.15, 0.2) is 11.2 Å². The van der Waals surface area contributed by atoms with Gasteiger partial charge >= 0.3 is 0 Å². The Hall–Kier alpha value is -2.76. The third-order valence-corrected chi connectivity index (χ3v) is 4.24. The lowest BCUT2D eigenvalue weighted by molar-refractivity contribution is -0.130. The van der Waals surface area contributed by atoms with E-state index < -0.39 is 23.5 Å². The summed E-state index contributed by atoms with van der Waals surface area (Å²) in [4.78, 5) is 25.2. The number of halogens is 2. The summed E-state index contributed by atoms with van der Waals surface area (Å²) < 4.78 is 32.7. The maximum atomic E-state index is 13.8. The van der Waals surface area contributed by atoms with E-state index in [0.717, 1.165) is 0 Å². The number of carbonyl (C=O) groups is 2. The third kappa shape index (κ3) is 2.44. The lowest BCUT2D eigenvalue weighted by Crippen LogP contribution is -2.47. The largest absolute Gasteiger partial charge is 0.497 e. The number of hydrogen-bond donors (Lipinski definition) is 1. The molecule has 0 saturated heterocycles. The first kappa shape index (κ1) is 16.1. The summed E-state index contributed by atoms with van der Waals surface area (Å²) in [5, 5.41) is 2.43. The van der Waals surface area contributed by atoms with Crippen LogP contribution in [0.3, 0.4) is 0 Å². The van der Waals surface area contributed by atoms with E-state index in [0.29, 0.717) is 17.0 Å². The Morgan fingerprint density at radius 1 is 1.21 bits per heavy atom. The lowest BCUT2D eigenvalue weighted by Gasteiger charge is -2.25. The molecule has 1 N–H and O–H groups in total. The molecule has 4 nitrogen and oxygen atoms in total. The van der Waals surface area contributed by atoms with Crippen molar-refractivity contribution in [2.75, 3.05) is 12.4 Å². The molecule has 24 heavy (non-hydrogen) atoms. The van der Waals surface area contributed by atoms with Crippen LogP contribution in [0.5, 0.6) is 5.75 Å². The van der Waals surface area contributed by atoms with E-state index in [1.54, 1.807) is 30.3 Å². The quantitative estimate of drug-likeness (QED) is 0.875. The zero-order valence-electron chi connectivity index (χ0n) is 12.9. The molecule has 124 valence electrons. The fraction of sp³-hybridized carbons (Fsp3) is 0.222. The van der Waals surface area contributed by atoms with Gasteiger partial charge in [0.05, 0.1) is 7.11 Å². The van der Waals surface area contributed by atoms with Crippen LogP contribution in [0.4, 0.5) is 14.5 Å². The number of anilines is 1. The summed E-state index contributed by atoms with van der Waals surface area (Å²) in [6.45, 7) is 0. The minimum atomic E-state index is -3.12. The van der Waals surface area contributed by atoms with Crippen LogP contribution in [0, 0.1) is 5.41 Å². The highest BCUT2D eigenvalue weighted by atomic mass is 19.3. The number of amides is 1. The predicted octanol–water partition coefficient (Wildman–Crippen LogP) is 3.32. The molecule has 6 heteroatoms. The Balaban J connectivity index is 1.98. The number of ether oxygens (including phenoxy) is 1. The van der Waals surface area contributed by atoms with Gasteiger partial charge < -0.3 is 10.1 Å². The van der Waals surface area contributed by atoms with Crippen LogP contribution in [0.15, 0.2) is 48.5 Å². The van der Waals surface area contributed by atoms with E-state index in [1.807, 2.05) is 0 Å². The number of alkyl halides is 2. The summed E-state index contributed by atoms with van der Waals surface area (Å²) in [5.74, 6) is -1.40. The Labute approximate surface area is 137 Å². The molecule has 1 atom stereocenters. The molecule has 0 saturated carbocycles. The molecule has 0 fully saturated rings. The van der Waals surface area contributed by atoms with Crippen molar-refractivity contribution in [2.45, 2.75) is 12.8 Å². The van der Waals surface area contributed by atoms with Crippen LogP contribution in [-0.4, -0.2) is 25.2 Å². The number of nitrogens with one attached hydrogen (secondary N) is 1. The van der Waals surface area contributed by atoms with E-state index >= 15 is 0 Å². The molecule has 2 aromatic carbocycles. The van der Waals surface area contributed by atoms with Gasteiger partial charge in [-0.1, -0.05) is 18.2 Å². The van der Waals surface area contributed by atoms with Crippen molar-refractivity contribution >= 4 is 17.4 Å². The number of Topliss-reactive ketones (excluding diaryl/α,β-unsaturated/α-hetero) is 1. The highest BCUT2D eigenvalue weighted by molar-refractivity contribution is 6.20. The van der Waals surface area contributed by atoms with Crippen molar-refractivity contribution in [1.29, 1.82) is 0 Å². The number of methoxy groups -OCH3 is 1. The first-order valence-corrected chi connectivity index (χ1v) is 7.35. The van der Waals surface area contributed by atoms with Crippen LogP contribution in [0.2, 0.25) is 0 Å². The summed E-state index contributed by atoms with van der Waals surface area (Å²) in [6, 6.07) is 12.7. The molecule has 0 heterocycles. The topological polar surface area (TPSA) is 55.4 Å². The van der Waals surface area contributed by atoms with Gasteiger partial charge in [0.2, 0.25) is 5.91 Å². The second kappa shape index (κ2) is 6.03. The smallest absolute Gasteiger partial charge is 0.260 e. The van der Waals surface area contributed by atoms with Gasteiger partial charge in [-0.2, -0.15) is 0 Å². The number of fused-ring (bicyclic) bond motifs is 1. The van der Waals surface area contributed by atoms with E-state index in [4.69, 9.17) is 4.74 Å². The van der Waals surface area contributed by atoms with E-state index in [9.17, 15) is 18.4 Å². The number of rotatable bonds is 4. The summed E-state index contributed by atoms with van der Waals surface area (Å²) >= 11 is 0. The highest BCUT2D eigenvalue weighted by Crippen LogP contribution is 2.43. The SMILES string of the molecule is COc1ccc2c(c1)CC(C(=O)Nc1ccccc1)(C(F)F)C2=O. The van der Waals surface area contributed by atoms with Crippen molar-refractivity contribution in [2.24, 2.45) is 5.41 Å². The maximum absolute atomic E-state index is 13.8. The number of ketones is 1. The molecule has 1 aliphatic carbocycles. The van der Waals surface area contributed by atoms with Gasteiger partial charge in [-0.05, 0) is 35.9 Å². The van der Waals surface area contributed by atoms with Crippen LogP contribution < -0.4 is 10.1 Å². The van der Waals surface area contributed by atoms with Gasteiger partial charge in [0.25, 0.3) is 6.43 Å². The molecule has 1 aliphatic rings.